The van der Waals surface area contributed by atoms with Crippen molar-refractivity contribution in [1.29, 1.82) is 5.26 Å². The number of nitrogens with one attached hydrogen (secondary N) is 1. The van der Waals surface area contributed by atoms with Crippen LogP contribution in [0.3, 0.4) is 0 Å². The lowest BCUT2D eigenvalue weighted by Gasteiger charge is -2.17. The van der Waals surface area contributed by atoms with Crippen LogP contribution in [0.15, 0.2) is 46.9 Å². The first-order chi connectivity index (χ1) is 9.10. The molecule has 2 aromatic carbocycles. The Morgan fingerprint density at radius 3 is 2.74 bits per heavy atom. The van der Waals surface area contributed by atoms with Gasteiger partial charge in [-0.25, -0.2) is 0 Å². The molecule has 0 aromatic heterocycles. The summed E-state index contributed by atoms with van der Waals surface area (Å²) in [6, 6.07) is 15.5. The largest absolute Gasteiger partial charge is 0.378 e. The second kappa shape index (κ2) is 6.10. The van der Waals surface area contributed by atoms with Crippen LogP contribution in [0.25, 0.3) is 0 Å². The monoisotopic (exact) mass is 334 g/mol. The lowest BCUT2D eigenvalue weighted by Crippen LogP contribution is -2.07. The maximum absolute atomic E-state index is 8.92. The number of hydrogen-bond acceptors (Lipinski definition) is 2. The maximum Gasteiger partial charge on any atom is 0.0991 e. The van der Waals surface area contributed by atoms with Crippen molar-refractivity contribution < 1.29 is 0 Å². The highest BCUT2D eigenvalue weighted by molar-refractivity contribution is 9.10. The van der Waals surface area contributed by atoms with Gasteiger partial charge in [0.1, 0.15) is 0 Å². The summed E-state index contributed by atoms with van der Waals surface area (Å²) < 4.78 is 0.920. The van der Waals surface area contributed by atoms with Crippen LogP contribution in [-0.4, -0.2) is 0 Å². The molecule has 0 radical (unpaired) electrons. The molecule has 2 rings (SSSR count). The highest BCUT2D eigenvalue weighted by atomic mass is 79.9. The zero-order chi connectivity index (χ0) is 13.8. The first kappa shape index (κ1) is 13.9. The predicted molar refractivity (Wildman–Crippen MR) is 82.3 cm³/mol. The van der Waals surface area contributed by atoms with Crippen LogP contribution in [-0.2, 0) is 0 Å². The lowest BCUT2D eigenvalue weighted by molar-refractivity contribution is 0.883. The number of hydrogen-bond donors (Lipinski definition) is 1. The number of nitriles is 1. The molecule has 0 spiro atoms. The van der Waals surface area contributed by atoms with Gasteiger partial charge in [0.2, 0.25) is 0 Å². The minimum Gasteiger partial charge on any atom is -0.378 e. The van der Waals surface area contributed by atoms with Crippen LogP contribution in [0.5, 0.6) is 0 Å². The highest BCUT2D eigenvalue weighted by Crippen LogP contribution is 2.29. The van der Waals surface area contributed by atoms with E-state index in [2.05, 4.69) is 34.2 Å². The molecule has 0 bridgehead atoms. The molecule has 1 unspecified atom stereocenters. The third kappa shape index (κ3) is 3.50. The average molecular weight is 336 g/mol. The standard InChI is InChI=1S/C15H12BrClN2/c1-10(12-4-2-3-11(7-12)9-18)19-15-6-5-13(17)8-14(15)16/h2-8,10,19H,1H3. The van der Waals surface area contributed by atoms with Crippen molar-refractivity contribution in [3.05, 3.63) is 63.1 Å². The Hall–Kier alpha value is -1.50. The summed E-state index contributed by atoms with van der Waals surface area (Å²) in [4.78, 5) is 0. The summed E-state index contributed by atoms with van der Waals surface area (Å²) >= 11 is 9.39. The molecular weight excluding hydrogens is 324 g/mol. The smallest absolute Gasteiger partial charge is 0.0991 e. The second-order valence-electron chi connectivity index (χ2n) is 4.23. The first-order valence-corrected chi connectivity index (χ1v) is 6.99. The van der Waals surface area contributed by atoms with Crippen LogP contribution in [0.1, 0.15) is 24.1 Å². The van der Waals surface area contributed by atoms with Gasteiger partial charge in [0.25, 0.3) is 0 Å². The molecule has 4 heteroatoms. The fourth-order valence-corrected chi connectivity index (χ4v) is 2.60. The maximum atomic E-state index is 8.92. The van der Waals surface area contributed by atoms with Gasteiger partial charge in [-0.05, 0) is 58.7 Å². The number of halogens is 2. The Balaban J connectivity index is 2.20. The second-order valence-corrected chi connectivity index (χ2v) is 5.52. The van der Waals surface area contributed by atoms with Gasteiger partial charge in [-0.15, -0.1) is 0 Å². The summed E-state index contributed by atoms with van der Waals surface area (Å²) in [6.07, 6.45) is 0. The molecule has 96 valence electrons. The summed E-state index contributed by atoms with van der Waals surface area (Å²) in [5, 5.41) is 13.0. The number of rotatable bonds is 3. The Kier molecular flexibility index (Phi) is 4.47. The molecule has 0 aliphatic carbocycles. The molecule has 0 saturated heterocycles. The van der Waals surface area contributed by atoms with Crippen molar-refractivity contribution in [3.8, 4) is 6.07 Å². The molecule has 1 N–H and O–H groups in total. The third-order valence-corrected chi connectivity index (χ3v) is 3.71. The van der Waals surface area contributed by atoms with E-state index in [0.29, 0.717) is 10.6 Å². The molecule has 0 amide bonds. The van der Waals surface area contributed by atoms with Gasteiger partial charge in [-0.2, -0.15) is 5.26 Å². The van der Waals surface area contributed by atoms with Crippen molar-refractivity contribution in [3.63, 3.8) is 0 Å². The van der Waals surface area contributed by atoms with E-state index in [1.54, 1.807) is 6.07 Å². The molecule has 0 heterocycles. The van der Waals surface area contributed by atoms with Crippen LogP contribution in [0, 0.1) is 11.3 Å². The van der Waals surface area contributed by atoms with Gasteiger partial charge in [0.15, 0.2) is 0 Å². The van der Waals surface area contributed by atoms with Crippen molar-refractivity contribution in [2.45, 2.75) is 13.0 Å². The Labute approximate surface area is 126 Å². The van der Waals surface area contributed by atoms with Crippen LogP contribution >= 0.6 is 27.5 Å². The average Bonchev–Trinajstić information content (AvgIpc) is 2.42. The predicted octanol–water partition coefficient (Wildman–Crippen LogP) is 5.15. The number of nitrogens with zero attached hydrogens (tertiary/aromatic N) is 1. The summed E-state index contributed by atoms with van der Waals surface area (Å²) in [6.45, 7) is 2.05. The van der Waals surface area contributed by atoms with Crippen LogP contribution in [0.2, 0.25) is 5.02 Å². The highest BCUT2D eigenvalue weighted by Gasteiger charge is 2.08. The molecule has 2 aromatic rings. The molecule has 2 nitrogen and oxygen atoms in total. The van der Waals surface area contributed by atoms with Gasteiger partial charge >= 0.3 is 0 Å². The minimum absolute atomic E-state index is 0.103. The summed E-state index contributed by atoms with van der Waals surface area (Å²) in [7, 11) is 0. The normalized spacial score (nSPS) is 11.7. The van der Waals surface area contributed by atoms with E-state index in [1.165, 1.54) is 0 Å². The molecule has 0 fully saturated rings. The topological polar surface area (TPSA) is 35.8 Å². The molecule has 19 heavy (non-hydrogen) atoms. The van der Waals surface area contributed by atoms with Crippen LogP contribution < -0.4 is 5.32 Å². The van der Waals surface area contributed by atoms with Crippen molar-refractivity contribution in [1.82, 2.24) is 0 Å². The molecule has 0 saturated carbocycles. The quantitative estimate of drug-likeness (QED) is 0.842. The van der Waals surface area contributed by atoms with Gasteiger partial charge in [-0.3, -0.25) is 0 Å². The van der Waals surface area contributed by atoms with Crippen LogP contribution in [0.4, 0.5) is 5.69 Å². The molecule has 1 atom stereocenters. The van der Waals surface area contributed by atoms with Crippen molar-refractivity contribution in [2.24, 2.45) is 0 Å². The zero-order valence-electron chi connectivity index (χ0n) is 10.3. The zero-order valence-corrected chi connectivity index (χ0v) is 12.7. The Bertz CT molecular complexity index is 634. The fraction of sp³-hybridized carbons (Fsp3) is 0.133. The van der Waals surface area contributed by atoms with E-state index in [0.717, 1.165) is 15.7 Å². The molecule has 0 aliphatic rings. The van der Waals surface area contributed by atoms with Gasteiger partial charge < -0.3 is 5.32 Å². The SMILES string of the molecule is CC(Nc1ccc(Cl)cc1Br)c1cccc(C#N)c1. The summed E-state index contributed by atoms with van der Waals surface area (Å²) in [5.74, 6) is 0. The molecular formula is C15H12BrClN2. The first-order valence-electron chi connectivity index (χ1n) is 5.82. The van der Waals surface area contributed by atoms with E-state index in [9.17, 15) is 0 Å². The van der Waals surface area contributed by atoms with E-state index < -0.39 is 0 Å². The lowest BCUT2D eigenvalue weighted by atomic mass is 10.1. The number of anilines is 1. The van der Waals surface area contributed by atoms with Gasteiger partial charge in [0, 0.05) is 21.2 Å². The van der Waals surface area contributed by atoms with E-state index in [4.69, 9.17) is 16.9 Å². The van der Waals surface area contributed by atoms with Crippen molar-refractivity contribution in [2.75, 3.05) is 5.32 Å². The third-order valence-electron chi connectivity index (χ3n) is 2.82. The van der Waals surface area contributed by atoms with E-state index in [1.807, 2.05) is 36.4 Å². The van der Waals surface area contributed by atoms with Crippen molar-refractivity contribution >= 4 is 33.2 Å². The minimum atomic E-state index is 0.103. The fourth-order valence-electron chi connectivity index (χ4n) is 1.80. The summed E-state index contributed by atoms with van der Waals surface area (Å²) in [5.41, 5.74) is 2.71. The number of benzene rings is 2. The Morgan fingerprint density at radius 1 is 1.26 bits per heavy atom. The van der Waals surface area contributed by atoms with E-state index in [-0.39, 0.29) is 6.04 Å². The van der Waals surface area contributed by atoms with Gasteiger partial charge in [0.05, 0.1) is 11.6 Å². The Morgan fingerprint density at radius 2 is 2.05 bits per heavy atom. The van der Waals surface area contributed by atoms with Gasteiger partial charge in [-0.1, -0.05) is 23.7 Å². The van der Waals surface area contributed by atoms with E-state index >= 15 is 0 Å². The molecule has 0 aliphatic heterocycles.